The molecule has 0 aromatic heterocycles. The second kappa shape index (κ2) is 9.44. The minimum absolute atomic E-state index is 0.0512. The van der Waals surface area contributed by atoms with Crippen molar-refractivity contribution in [1.82, 2.24) is 9.80 Å². The van der Waals surface area contributed by atoms with Crippen LogP contribution in [-0.4, -0.2) is 71.4 Å². The van der Waals surface area contributed by atoms with E-state index >= 15 is 0 Å². The molecule has 2 amide bonds. The molecule has 32 heavy (non-hydrogen) atoms. The van der Waals surface area contributed by atoms with Crippen LogP contribution in [0.4, 0.5) is 31.1 Å². The number of nitrogens with zero attached hydrogens (tertiary/aromatic N) is 2. The number of amides is 2. The summed E-state index contributed by atoms with van der Waals surface area (Å²) in [5.74, 6) is -2.69. The lowest BCUT2D eigenvalue weighted by molar-refractivity contribution is -0.153. The highest BCUT2D eigenvalue weighted by atomic mass is 19.4. The highest BCUT2D eigenvalue weighted by Crippen LogP contribution is 2.36. The molecule has 0 atom stereocenters. The Bertz CT molecular complexity index is 882. The van der Waals surface area contributed by atoms with Crippen molar-refractivity contribution < 1.29 is 55.4 Å². The van der Waals surface area contributed by atoms with Crippen molar-refractivity contribution in [2.24, 2.45) is 0 Å². The molecule has 8 nitrogen and oxygen atoms in total. The molecule has 0 radical (unpaired) electrons. The Morgan fingerprint density at radius 3 is 2.00 bits per heavy atom. The average molecular weight is 470 g/mol. The van der Waals surface area contributed by atoms with Gasteiger partial charge in [-0.1, -0.05) is 0 Å². The number of ether oxygens (including phenoxy) is 1. The van der Waals surface area contributed by atoms with Gasteiger partial charge in [0, 0.05) is 19.5 Å². The number of piperazine rings is 1. The average Bonchev–Trinajstić information content (AvgIpc) is 2.66. The topological polar surface area (TPSA) is 104 Å². The summed E-state index contributed by atoms with van der Waals surface area (Å²) in [5, 5.41) is 8.82. The largest absolute Gasteiger partial charge is 0.465 e. The number of Topliss-reactive ketones (excluding diaryl/α,β-unsaturated/α-hetero) is 1. The van der Waals surface area contributed by atoms with Crippen LogP contribution in [0.1, 0.15) is 16.7 Å². The van der Waals surface area contributed by atoms with E-state index in [0.29, 0.717) is 12.1 Å². The second-order valence-electron chi connectivity index (χ2n) is 6.81. The van der Waals surface area contributed by atoms with Crippen LogP contribution in [0.3, 0.4) is 0 Å². The minimum atomic E-state index is -5.07. The zero-order valence-electron chi connectivity index (χ0n) is 16.1. The zero-order valence-corrected chi connectivity index (χ0v) is 16.1. The van der Waals surface area contributed by atoms with Crippen LogP contribution in [0.2, 0.25) is 0 Å². The number of halogens is 6. The van der Waals surface area contributed by atoms with Crippen molar-refractivity contribution in [1.29, 1.82) is 0 Å². The molecule has 1 N–H and O–H groups in total. The molecule has 1 saturated heterocycles. The van der Waals surface area contributed by atoms with Gasteiger partial charge in [0.1, 0.15) is 19.7 Å². The number of ketones is 1. The second-order valence-corrected chi connectivity index (χ2v) is 6.81. The predicted molar refractivity (Wildman–Crippen MR) is 92.3 cm³/mol. The number of rotatable bonds is 6. The number of carbonyl (C=O) groups excluding carboxylic acids is 3. The molecule has 1 aliphatic rings. The van der Waals surface area contributed by atoms with Crippen LogP contribution in [0, 0.1) is 0 Å². The lowest BCUT2D eigenvalue weighted by Gasteiger charge is -2.31. The first-order valence-corrected chi connectivity index (χ1v) is 8.88. The van der Waals surface area contributed by atoms with E-state index in [0.717, 1.165) is 9.80 Å². The summed E-state index contributed by atoms with van der Waals surface area (Å²) in [7, 11) is 0. The molecule has 0 unspecified atom stereocenters. The van der Waals surface area contributed by atoms with Crippen molar-refractivity contribution in [2.75, 3.05) is 32.8 Å². The third-order valence-electron chi connectivity index (χ3n) is 4.35. The molecule has 1 aromatic rings. The van der Waals surface area contributed by atoms with Gasteiger partial charge in [-0.2, -0.15) is 26.3 Å². The summed E-state index contributed by atoms with van der Waals surface area (Å²) >= 11 is 0. The molecular formula is C18H16F6N2O6. The van der Waals surface area contributed by atoms with Gasteiger partial charge in [0.25, 0.3) is 0 Å². The summed E-state index contributed by atoms with van der Waals surface area (Å²) in [6, 6.07) is 0.722. The number of benzene rings is 1. The summed E-state index contributed by atoms with van der Waals surface area (Å²) < 4.78 is 81.8. The van der Waals surface area contributed by atoms with Crippen molar-refractivity contribution in [2.45, 2.75) is 18.8 Å². The first-order valence-electron chi connectivity index (χ1n) is 8.88. The summed E-state index contributed by atoms with van der Waals surface area (Å²) in [4.78, 5) is 48.2. The lowest BCUT2D eigenvalue weighted by atomic mass is 10.0. The Hall–Kier alpha value is -3.32. The van der Waals surface area contributed by atoms with Crippen molar-refractivity contribution in [3.63, 3.8) is 0 Å². The van der Waals surface area contributed by atoms with Crippen LogP contribution in [0.15, 0.2) is 18.2 Å². The highest BCUT2D eigenvalue weighted by Gasteiger charge is 2.37. The molecule has 1 aliphatic heterocycles. The molecule has 0 aliphatic carbocycles. The molecule has 0 spiro atoms. The van der Waals surface area contributed by atoms with E-state index in [-0.39, 0.29) is 19.2 Å². The van der Waals surface area contributed by atoms with Gasteiger partial charge in [-0.15, -0.1) is 0 Å². The van der Waals surface area contributed by atoms with Gasteiger partial charge in [0.05, 0.1) is 11.1 Å². The maximum absolute atomic E-state index is 12.9. The first kappa shape index (κ1) is 24.9. The Morgan fingerprint density at radius 1 is 0.969 bits per heavy atom. The smallest absolute Gasteiger partial charge is 0.416 e. The number of esters is 1. The Morgan fingerprint density at radius 2 is 1.53 bits per heavy atom. The molecule has 0 saturated carbocycles. The van der Waals surface area contributed by atoms with Gasteiger partial charge in [0.15, 0.2) is 5.78 Å². The number of carboxylic acid groups (broad SMARTS) is 1. The SMILES string of the molecule is O=C(COC(=O)CN1CCN(C(=O)O)CC1=O)Cc1cc(C(F)(F)F)cc(C(F)(F)F)c1. The van der Waals surface area contributed by atoms with Gasteiger partial charge >= 0.3 is 24.4 Å². The van der Waals surface area contributed by atoms with E-state index in [2.05, 4.69) is 4.74 Å². The summed E-state index contributed by atoms with van der Waals surface area (Å²) in [5.41, 5.74) is -3.72. The number of alkyl halides is 6. The van der Waals surface area contributed by atoms with Crippen LogP contribution in [0.5, 0.6) is 0 Å². The normalized spacial score (nSPS) is 15.0. The maximum atomic E-state index is 12.9. The Labute approximate surface area is 176 Å². The van der Waals surface area contributed by atoms with Gasteiger partial charge in [0.2, 0.25) is 5.91 Å². The molecule has 1 aromatic carbocycles. The first-order chi connectivity index (χ1) is 14.7. The van der Waals surface area contributed by atoms with Crippen LogP contribution < -0.4 is 0 Å². The lowest BCUT2D eigenvalue weighted by Crippen LogP contribution is -2.53. The monoisotopic (exact) mass is 470 g/mol. The highest BCUT2D eigenvalue weighted by molar-refractivity contribution is 5.88. The van der Waals surface area contributed by atoms with Crippen LogP contribution >= 0.6 is 0 Å². The molecule has 0 bridgehead atoms. The number of hydrogen-bond donors (Lipinski definition) is 1. The standard InChI is InChI=1S/C18H16F6N2O6/c19-17(20,21)11-3-10(4-12(6-11)18(22,23)24)5-13(27)9-32-15(29)8-25-1-2-26(16(30)31)7-14(25)28/h3-4,6H,1-2,5,7-9H2,(H,30,31). The molecule has 1 heterocycles. The minimum Gasteiger partial charge on any atom is -0.465 e. The van der Waals surface area contributed by atoms with E-state index in [1.165, 1.54) is 0 Å². The van der Waals surface area contributed by atoms with Crippen LogP contribution in [-0.2, 0) is 37.9 Å². The van der Waals surface area contributed by atoms with Crippen molar-refractivity contribution in [3.8, 4) is 0 Å². The van der Waals surface area contributed by atoms with Gasteiger partial charge in [-0.25, -0.2) is 4.79 Å². The quantitative estimate of drug-likeness (QED) is 0.505. The van der Waals surface area contributed by atoms with Gasteiger partial charge in [-0.05, 0) is 23.8 Å². The van der Waals surface area contributed by atoms with Crippen molar-refractivity contribution >= 4 is 23.8 Å². The van der Waals surface area contributed by atoms with Gasteiger partial charge < -0.3 is 14.7 Å². The van der Waals surface area contributed by atoms with E-state index in [4.69, 9.17) is 5.11 Å². The summed E-state index contributed by atoms with van der Waals surface area (Å²) in [6.07, 6.45) is -12.3. The Balaban J connectivity index is 1.95. The van der Waals surface area contributed by atoms with Gasteiger partial charge in [-0.3, -0.25) is 19.3 Å². The van der Waals surface area contributed by atoms with E-state index < -0.39 is 78.9 Å². The fraction of sp³-hybridized carbons (Fsp3) is 0.444. The van der Waals surface area contributed by atoms with Crippen LogP contribution in [0.25, 0.3) is 0 Å². The summed E-state index contributed by atoms with van der Waals surface area (Å²) in [6.45, 7) is -2.15. The fourth-order valence-electron chi connectivity index (χ4n) is 2.80. The third-order valence-corrected chi connectivity index (χ3v) is 4.35. The van der Waals surface area contributed by atoms with E-state index in [9.17, 15) is 45.5 Å². The van der Waals surface area contributed by atoms with Crippen molar-refractivity contribution in [3.05, 3.63) is 34.9 Å². The Kier molecular flexibility index (Phi) is 7.36. The van der Waals surface area contributed by atoms with E-state index in [1.807, 2.05) is 0 Å². The molecule has 2 rings (SSSR count). The predicted octanol–water partition coefficient (Wildman–Crippen LogP) is 2.20. The number of hydrogen-bond acceptors (Lipinski definition) is 5. The molecule has 14 heteroatoms. The maximum Gasteiger partial charge on any atom is 0.416 e. The number of carbonyl (C=O) groups is 4. The zero-order chi connectivity index (χ0) is 24.3. The van der Waals surface area contributed by atoms with E-state index in [1.54, 1.807) is 0 Å². The molecular weight excluding hydrogens is 454 g/mol. The third kappa shape index (κ3) is 6.85. The molecule has 1 fully saturated rings. The fourth-order valence-corrected chi connectivity index (χ4v) is 2.80. The molecule has 176 valence electrons.